The van der Waals surface area contributed by atoms with Crippen LogP contribution in [0.3, 0.4) is 0 Å². The van der Waals surface area contributed by atoms with E-state index in [1.807, 2.05) is 0 Å². The predicted octanol–water partition coefficient (Wildman–Crippen LogP) is 3.00. The topological polar surface area (TPSA) is 80.9 Å². The quantitative estimate of drug-likeness (QED) is 0.520. The van der Waals surface area contributed by atoms with Gasteiger partial charge in [0.2, 0.25) is 0 Å². The molecule has 2 heterocycles. The smallest absolute Gasteiger partial charge is 0.191 e. The van der Waals surface area contributed by atoms with E-state index in [2.05, 4.69) is 13.0 Å². The lowest BCUT2D eigenvalue weighted by Crippen LogP contribution is -2.17. The number of rotatable bonds is 9. The number of hydrogen-bond acceptors (Lipinski definition) is 6. The van der Waals surface area contributed by atoms with Crippen molar-refractivity contribution in [2.45, 2.75) is 89.3 Å². The first-order chi connectivity index (χ1) is 10.7. The molecule has 5 unspecified atom stereocenters. The van der Waals surface area contributed by atoms with Gasteiger partial charge in [-0.05, 0) is 18.8 Å². The molecule has 2 aliphatic rings. The van der Waals surface area contributed by atoms with Gasteiger partial charge in [0.1, 0.15) is 6.10 Å². The van der Waals surface area contributed by atoms with Crippen molar-refractivity contribution in [3.05, 3.63) is 0 Å². The largest absolute Gasteiger partial charge is 0.366 e. The van der Waals surface area contributed by atoms with Crippen LogP contribution in [0.15, 0.2) is 0 Å². The van der Waals surface area contributed by atoms with Crippen molar-refractivity contribution >= 4 is 0 Å². The van der Waals surface area contributed by atoms with Gasteiger partial charge in [0, 0.05) is 12.8 Å². The van der Waals surface area contributed by atoms with E-state index in [1.165, 1.54) is 25.7 Å². The van der Waals surface area contributed by atoms with Crippen LogP contribution in [0.2, 0.25) is 0 Å². The van der Waals surface area contributed by atoms with Crippen molar-refractivity contribution in [2.75, 3.05) is 0 Å². The second kappa shape index (κ2) is 9.43. The lowest BCUT2D eigenvalue weighted by Gasteiger charge is -2.15. The Kier molecular flexibility index (Phi) is 7.56. The Morgan fingerprint density at radius 1 is 1.05 bits per heavy atom. The van der Waals surface area contributed by atoms with Gasteiger partial charge in [-0.3, -0.25) is 0 Å². The highest BCUT2D eigenvalue weighted by atomic mass is 17.2. The molecule has 0 spiro atoms. The molecule has 6 nitrogen and oxygen atoms in total. The molecule has 126 valence electrons. The van der Waals surface area contributed by atoms with E-state index in [-0.39, 0.29) is 18.3 Å². The number of hydrogen-bond donors (Lipinski definition) is 1. The zero-order chi connectivity index (χ0) is 15.8. The first-order valence-electron chi connectivity index (χ1n) is 8.41. The van der Waals surface area contributed by atoms with Crippen molar-refractivity contribution in [1.82, 2.24) is 0 Å². The number of nitrogens with zero attached hydrogens (tertiary/aromatic N) is 1. The average Bonchev–Trinajstić information content (AvgIpc) is 3.14. The first-order valence-corrected chi connectivity index (χ1v) is 8.41. The summed E-state index contributed by atoms with van der Waals surface area (Å²) in [6.45, 7) is 2.15. The summed E-state index contributed by atoms with van der Waals surface area (Å²) in [5.74, 6) is 0.420. The maximum absolute atomic E-state index is 9.26. The molecule has 6 heteroatoms. The molecule has 0 aromatic rings. The van der Waals surface area contributed by atoms with Crippen LogP contribution < -0.4 is 0 Å². The Bertz CT molecular complexity index is 359. The van der Waals surface area contributed by atoms with Crippen molar-refractivity contribution in [3.63, 3.8) is 0 Å². The minimum Gasteiger partial charge on any atom is -0.366 e. The molecule has 1 N–H and O–H groups in total. The van der Waals surface area contributed by atoms with Crippen LogP contribution in [-0.2, 0) is 19.6 Å². The average molecular weight is 313 g/mol. The van der Waals surface area contributed by atoms with Gasteiger partial charge in [0.15, 0.2) is 12.4 Å². The second-order valence-corrected chi connectivity index (χ2v) is 6.41. The zero-order valence-corrected chi connectivity index (χ0v) is 13.3. The lowest BCUT2D eigenvalue weighted by atomic mass is 9.95. The highest BCUT2D eigenvalue weighted by Gasteiger charge is 2.29. The van der Waals surface area contributed by atoms with E-state index in [9.17, 15) is 5.11 Å². The van der Waals surface area contributed by atoms with Crippen molar-refractivity contribution in [3.8, 4) is 6.07 Å². The molecule has 5 atom stereocenters. The van der Waals surface area contributed by atoms with E-state index < -0.39 is 6.29 Å². The highest BCUT2D eigenvalue weighted by Crippen LogP contribution is 2.26. The predicted molar refractivity (Wildman–Crippen MR) is 78.0 cm³/mol. The van der Waals surface area contributed by atoms with Gasteiger partial charge in [0.25, 0.3) is 0 Å². The molecule has 0 bridgehead atoms. The van der Waals surface area contributed by atoms with Gasteiger partial charge in [-0.2, -0.15) is 5.26 Å². The zero-order valence-electron chi connectivity index (χ0n) is 13.3. The summed E-state index contributed by atoms with van der Waals surface area (Å²) in [4.78, 5) is 19.8. The van der Waals surface area contributed by atoms with E-state index in [4.69, 9.17) is 24.8 Å². The molecule has 2 saturated heterocycles. The van der Waals surface area contributed by atoms with Crippen molar-refractivity contribution in [1.29, 1.82) is 5.26 Å². The van der Waals surface area contributed by atoms with Crippen LogP contribution in [0.4, 0.5) is 0 Å². The van der Waals surface area contributed by atoms with Crippen molar-refractivity contribution < 1.29 is 24.7 Å². The molecule has 2 fully saturated rings. The fourth-order valence-electron chi connectivity index (χ4n) is 3.00. The van der Waals surface area contributed by atoms with Crippen LogP contribution in [-0.4, -0.2) is 29.7 Å². The molecule has 0 aromatic heterocycles. The van der Waals surface area contributed by atoms with Gasteiger partial charge in [-0.25, -0.2) is 19.6 Å². The highest BCUT2D eigenvalue weighted by molar-refractivity contribution is 4.87. The third-order valence-corrected chi connectivity index (χ3v) is 4.47. The Labute approximate surface area is 132 Å². The fraction of sp³-hybridized carbons (Fsp3) is 0.938. The Hall–Kier alpha value is -0.710. The maximum atomic E-state index is 9.26. The van der Waals surface area contributed by atoms with Crippen LogP contribution in [0.5, 0.6) is 0 Å². The Morgan fingerprint density at radius 2 is 1.82 bits per heavy atom. The number of aliphatic hydroxyl groups excluding tert-OH is 1. The lowest BCUT2D eigenvalue weighted by molar-refractivity contribution is -0.337. The summed E-state index contributed by atoms with van der Waals surface area (Å²) >= 11 is 0. The summed E-state index contributed by atoms with van der Waals surface area (Å²) in [5, 5.41) is 18.0. The van der Waals surface area contributed by atoms with Gasteiger partial charge in [-0.1, -0.05) is 39.0 Å². The van der Waals surface area contributed by atoms with Crippen LogP contribution in [0, 0.1) is 17.2 Å². The Morgan fingerprint density at radius 3 is 2.50 bits per heavy atom. The summed E-state index contributed by atoms with van der Waals surface area (Å²) < 4.78 is 0. The fourth-order valence-corrected chi connectivity index (χ4v) is 3.00. The number of unbranched alkanes of at least 4 members (excludes halogenated alkanes) is 4. The first kappa shape index (κ1) is 17.6. The summed E-state index contributed by atoms with van der Waals surface area (Å²) in [6.07, 6.45) is 8.24. The van der Waals surface area contributed by atoms with E-state index in [0.29, 0.717) is 18.8 Å². The van der Waals surface area contributed by atoms with Gasteiger partial charge in [-0.15, -0.1) is 0 Å². The molecule has 0 radical (unpaired) electrons. The minimum absolute atomic E-state index is 0.0302. The monoisotopic (exact) mass is 313 g/mol. The molecule has 2 aliphatic heterocycles. The molecule has 0 aliphatic carbocycles. The van der Waals surface area contributed by atoms with Crippen LogP contribution >= 0.6 is 0 Å². The van der Waals surface area contributed by atoms with Crippen molar-refractivity contribution in [2.24, 2.45) is 5.92 Å². The molecule has 0 amide bonds. The standard InChI is InChI=1S/C16H27NO5/c1-12(15-10-16(18)22-21-15)7-5-3-2-4-6-8-13-9-14(11-17)20-19-13/h12-16,18H,2-10H2,1H3. The summed E-state index contributed by atoms with van der Waals surface area (Å²) in [7, 11) is 0. The van der Waals surface area contributed by atoms with Gasteiger partial charge in [0.05, 0.1) is 12.2 Å². The van der Waals surface area contributed by atoms with Crippen LogP contribution in [0.1, 0.15) is 64.7 Å². The Balaban J connectivity index is 1.41. The SMILES string of the molecule is CC(CCCCCCCC1CC(C#N)OO1)C1CC(O)OO1. The number of aliphatic hydroxyl groups is 1. The maximum Gasteiger partial charge on any atom is 0.191 e. The van der Waals surface area contributed by atoms with E-state index >= 15 is 0 Å². The van der Waals surface area contributed by atoms with Gasteiger partial charge < -0.3 is 5.11 Å². The summed E-state index contributed by atoms with van der Waals surface area (Å²) in [5.41, 5.74) is 0. The minimum atomic E-state index is -0.755. The van der Waals surface area contributed by atoms with Crippen LogP contribution in [0.25, 0.3) is 0 Å². The molecule has 2 rings (SSSR count). The molecular formula is C16H27NO5. The van der Waals surface area contributed by atoms with E-state index in [1.54, 1.807) is 0 Å². The summed E-state index contributed by atoms with van der Waals surface area (Å²) in [6, 6.07) is 2.07. The number of nitriles is 1. The normalized spacial score (nSPS) is 33.0. The molecule has 22 heavy (non-hydrogen) atoms. The third kappa shape index (κ3) is 5.82. The van der Waals surface area contributed by atoms with Gasteiger partial charge >= 0.3 is 0 Å². The third-order valence-electron chi connectivity index (χ3n) is 4.47. The molecule has 0 saturated carbocycles. The molecule has 0 aromatic carbocycles. The van der Waals surface area contributed by atoms with E-state index in [0.717, 1.165) is 19.3 Å². The molecular weight excluding hydrogens is 286 g/mol. The second-order valence-electron chi connectivity index (χ2n) is 6.41.